The van der Waals surface area contributed by atoms with E-state index in [4.69, 9.17) is 10.5 Å². The molecule has 2 aromatic rings. The summed E-state index contributed by atoms with van der Waals surface area (Å²) in [6, 6.07) is 14.0. The summed E-state index contributed by atoms with van der Waals surface area (Å²) in [6.07, 6.45) is -0.478. The van der Waals surface area contributed by atoms with Crippen LogP contribution in [0.4, 0.5) is 16.2 Å². The van der Waals surface area contributed by atoms with Crippen LogP contribution in [0.3, 0.4) is 0 Å². The van der Waals surface area contributed by atoms with Crippen LogP contribution in [0.1, 0.15) is 36.7 Å². The Morgan fingerprint density at radius 3 is 2.28 bits per heavy atom. The highest BCUT2D eigenvalue weighted by Gasteiger charge is 2.15. The summed E-state index contributed by atoms with van der Waals surface area (Å²) in [4.78, 5) is 23.9. The van der Waals surface area contributed by atoms with Gasteiger partial charge in [0, 0.05) is 12.1 Å². The number of rotatable bonds is 4. The summed E-state index contributed by atoms with van der Waals surface area (Å²) in [5, 5.41) is 5.44. The Bertz CT molecular complexity index is 749. The van der Waals surface area contributed by atoms with Crippen molar-refractivity contribution in [3.8, 4) is 0 Å². The monoisotopic (exact) mass is 341 g/mol. The number of nitrogen functional groups attached to an aromatic ring is 1. The van der Waals surface area contributed by atoms with Gasteiger partial charge in [-0.25, -0.2) is 4.79 Å². The van der Waals surface area contributed by atoms with E-state index in [-0.39, 0.29) is 5.91 Å². The zero-order valence-corrected chi connectivity index (χ0v) is 14.6. The molecule has 0 aliphatic rings. The zero-order chi connectivity index (χ0) is 18.4. The fraction of sp³-hybridized carbons (Fsp3) is 0.263. The number of amides is 2. The lowest BCUT2D eigenvalue weighted by Gasteiger charge is -2.19. The number of nitrogens with two attached hydrogens (primary N) is 1. The number of ether oxygens (including phenoxy) is 1. The molecule has 25 heavy (non-hydrogen) atoms. The molecule has 0 atom stereocenters. The van der Waals surface area contributed by atoms with Gasteiger partial charge in [-0.15, -0.1) is 0 Å². The summed E-state index contributed by atoms with van der Waals surface area (Å²) in [5.41, 5.74) is 7.73. The Balaban J connectivity index is 1.92. The van der Waals surface area contributed by atoms with Gasteiger partial charge in [-0.05, 0) is 50.6 Å². The van der Waals surface area contributed by atoms with Gasteiger partial charge in [-0.2, -0.15) is 0 Å². The molecule has 0 unspecified atom stereocenters. The molecule has 0 aliphatic carbocycles. The lowest BCUT2D eigenvalue weighted by atomic mass is 10.1. The van der Waals surface area contributed by atoms with Crippen LogP contribution >= 0.6 is 0 Å². The van der Waals surface area contributed by atoms with Crippen LogP contribution < -0.4 is 16.4 Å². The molecule has 132 valence electrons. The number of alkyl carbamates (subject to hydrolysis) is 1. The first kappa shape index (κ1) is 18.3. The van der Waals surface area contributed by atoms with Gasteiger partial charge >= 0.3 is 6.09 Å². The van der Waals surface area contributed by atoms with Crippen LogP contribution in [0.15, 0.2) is 48.5 Å². The maximum atomic E-state index is 12.2. The summed E-state index contributed by atoms with van der Waals surface area (Å²) < 4.78 is 5.17. The lowest BCUT2D eigenvalue weighted by Crippen LogP contribution is -2.32. The number of anilines is 2. The van der Waals surface area contributed by atoms with Crippen molar-refractivity contribution in [2.45, 2.75) is 32.9 Å². The van der Waals surface area contributed by atoms with E-state index < -0.39 is 11.7 Å². The van der Waals surface area contributed by atoms with Crippen LogP contribution in [-0.2, 0) is 11.3 Å². The van der Waals surface area contributed by atoms with E-state index in [1.807, 2.05) is 0 Å². The summed E-state index contributed by atoms with van der Waals surface area (Å²) in [5.74, 6) is -0.246. The van der Waals surface area contributed by atoms with Gasteiger partial charge in [0.2, 0.25) is 0 Å². The highest BCUT2D eigenvalue weighted by molar-refractivity contribution is 6.05. The number of hydrogen-bond donors (Lipinski definition) is 3. The highest BCUT2D eigenvalue weighted by atomic mass is 16.6. The van der Waals surface area contributed by atoms with E-state index in [1.54, 1.807) is 69.3 Å². The van der Waals surface area contributed by atoms with E-state index in [1.165, 1.54) is 0 Å². The molecule has 0 saturated carbocycles. The molecule has 0 heterocycles. The number of nitrogens with one attached hydrogen (secondary N) is 2. The standard InChI is InChI=1S/C19H23N3O3/c1-19(2,3)25-18(24)21-12-13-8-10-14(11-9-13)17(23)22-16-7-5-4-6-15(16)20/h4-11H,12,20H2,1-3H3,(H,21,24)(H,22,23). The minimum atomic E-state index is -0.536. The van der Waals surface area contributed by atoms with Crippen LogP contribution in [0.5, 0.6) is 0 Å². The van der Waals surface area contributed by atoms with Crippen LogP contribution in [0, 0.1) is 0 Å². The predicted octanol–water partition coefficient (Wildman–Crippen LogP) is 3.55. The van der Waals surface area contributed by atoms with Crippen molar-refractivity contribution in [3.05, 3.63) is 59.7 Å². The second-order valence-electron chi connectivity index (χ2n) is 6.59. The van der Waals surface area contributed by atoms with Crippen molar-refractivity contribution in [3.63, 3.8) is 0 Å². The number of carbonyl (C=O) groups excluding carboxylic acids is 2. The van der Waals surface area contributed by atoms with Crippen molar-refractivity contribution < 1.29 is 14.3 Å². The second-order valence-corrected chi connectivity index (χ2v) is 6.59. The van der Waals surface area contributed by atoms with E-state index in [0.29, 0.717) is 23.5 Å². The van der Waals surface area contributed by atoms with Crippen molar-refractivity contribution in [1.82, 2.24) is 5.32 Å². The summed E-state index contributed by atoms with van der Waals surface area (Å²) in [6.45, 7) is 5.74. The number of carbonyl (C=O) groups is 2. The first-order valence-electron chi connectivity index (χ1n) is 7.96. The fourth-order valence-electron chi connectivity index (χ4n) is 2.07. The maximum absolute atomic E-state index is 12.2. The molecule has 6 nitrogen and oxygen atoms in total. The van der Waals surface area contributed by atoms with Crippen LogP contribution in [0.25, 0.3) is 0 Å². The largest absolute Gasteiger partial charge is 0.444 e. The molecular weight excluding hydrogens is 318 g/mol. The predicted molar refractivity (Wildman–Crippen MR) is 98.3 cm³/mol. The second kappa shape index (κ2) is 7.70. The number of para-hydroxylation sites is 2. The normalized spacial score (nSPS) is 10.8. The quantitative estimate of drug-likeness (QED) is 0.741. The van der Waals surface area contributed by atoms with E-state index >= 15 is 0 Å². The molecule has 2 rings (SSSR count). The van der Waals surface area contributed by atoms with Gasteiger partial charge in [0.1, 0.15) is 5.60 Å². The van der Waals surface area contributed by atoms with Gasteiger partial charge in [0.05, 0.1) is 11.4 Å². The van der Waals surface area contributed by atoms with E-state index in [0.717, 1.165) is 5.56 Å². The Kier molecular flexibility index (Phi) is 5.64. The fourth-order valence-corrected chi connectivity index (χ4v) is 2.07. The zero-order valence-electron chi connectivity index (χ0n) is 14.6. The highest BCUT2D eigenvalue weighted by Crippen LogP contribution is 2.18. The smallest absolute Gasteiger partial charge is 0.407 e. The Hall–Kier alpha value is -3.02. The van der Waals surface area contributed by atoms with Crippen molar-refractivity contribution in [2.75, 3.05) is 11.1 Å². The topological polar surface area (TPSA) is 93.4 Å². The third-order valence-electron chi connectivity index (χ3n) is 3.26. The maximum Gasteiger partial charge on any atom is 0.407 e. The van der Waals surface area contributed by atoms with Gasteiger partial charge in [0.15, 0.2) is 0 Å². The van der Waals surface area contributed by atoms with E-state index in [2.05, 4.69) is 10.6 Å². The molecule has 0 spiro atoms. The Labute approximate surface area is 147 Å². The first-order valence-corrected chi connectivity index (χ1v) is 7.96. The number of benzene rings is 2. The molecule has 0 aliphatic heterocycles. The van der Waals surface area contributed by atoms with Gasteiger partial charge in [-0.1, -0.05) is 24.3 Å². The Morgan fingerprint density at radius 2 is 1.68 bits per heavy atom. The van der Waals surface area contributed by atoms with Crippen LogP contribution in [-0.4, -0.2) is 17.6 Å². The summed E-state index contributed by atoms with van der Waals surface area (Å²) >= 11 is 0. The first-order chi connectivity index (χ1) is 11.7. The molecule has 4 N–H and O–H groups in total. The number of hydrogen-bond acceptors (Lipinski definition) is 4. The Morgan fingerprint density at radius 1 is 1.04 bits per heavy atom. The third kappa shape index (κ3) is 5.84. The van der Waals surface area contributed by atoms with Crippen LogP contribution in [0.2, 0.25) is 0 Å². The lowest BCUT2D eigenvalue weighted by molar-refractivity contribution is 0.0523. The molecular formula is C19H23N3O3. The van der Waals surface area contributed by atoms with Gasteiger partial charge in [0.25, 0.3) is 5.91 Å². The molecule has 0 bridgehead atoms. The molecule has 0 fully saturated rings. The van der Waals surface area contributed by atoms with Gasteiger partial charge in [-0.3, -0.25) is 4.79 Å². The van der Waals surface area contributed by atoms with Crippen molar-refractivity contribution in [2.24, 2.45) is 0 Å². The summed E-state index contributed by atoms with van der Waals surface area (Å²) in [7, 11) is 0. The minimum Gasteiger partial charge on any atom is -0.444 e. The third-order valence-corrected chi connectivity index (χ3v) is 3.26. The van der Waals surface area contributed by atoms with Gasteiger partial charge < -0.3 is 21.1 Å². The molecule has 0 radical (unpaired) electrons. The molecule has 6 heteroatoms. The minimum absolute atomic E-state index is 0.246. The molecule has 2 amide bonds. The molecule has 0 aromatic heterocycles. The van der Waals surface area contributed by atoms with E-state index in [9.17, 15) is 9.59 Å². The SMILES string of the molecule is CC(C)(C)OC(=O)NCc1ccc(C(=O)Nc2ccccc2N)cc1. The molecule has 2 aromatic carbocycles. The average molecular weight is 341 g/mol. The molecule has 0 saturated heterocycles. The average Bonchev–Trinajstić information content (AvgIpc) is 2.54. The van der Waals surface area contributed by atoms with Crippen molar-refractivity contribution in [1.29, 1.82) is 0 Å². The van der Waals surface area contributed by atoms with Crippen molar-refractivity contribution >= 4 is 23.4 Å².